The van der Waals surface area contributed by atoms with Gasteiger partial charge in [-0.25, -0.2) is 20.2 Å². The summed E-state index contributed by atoms with van der Waals surface area (Å²) in [4.78, 5) is 21.4. The van der Waals surface area contributed by atoms with Gasteiger partial charge in [-0.05, 0) is 37.5 Å². The molecule has 0 aliphatic rings. The molecule has 32 heavy (non-hydrogen) atoms. The first-order valence-corrected chi connectivity index (χ1v) is 10.7. The lowest BCUT2D eigenvalue weighted by atomic mass is 9.95. The van der Waals surface area contributed by atoms with Crippen molar-refractivity contribution in [2.75, 3.05) is 47.7 Å². The van der Waals surface area contributed by atoms with E-state index in [0.29, 0.717) is 35.4 Å². The SMILES string of the molecule is CCNc1cc(NC(=O)NN(CCO)c2cc(C(C)C)c(C(C)=N)c(NC)n2)cc(Cl)n1. The van der Waals surface area contributed by atoms with Crippen LogP contribution in [0.5, 0.6) is 0 Å². The zero-order chi connectivity index (χ0) is 23.8. The van der Waals surface area contributed by atoms with Crippen molar-refractivity contribution in [2.45, 2.75) is 33.6 Å². The molecule has 2 aromatic heterocycles. The molecule has 2 amide bonds. The number of aliphatic hydroxyl groups excluding tert-OH is 1. The monoisotopic (exact) mass is 462 g/mol. The summed E-state index contributed by atoms with van der Waals surface area (Å²) >= 11 is 6.04. The molecule has 0 saturated carbocycles. The number of aromatic nitrogens is 2. The Morgan fingerprint density at radius 1 is 1.28 bits per heavy atom. The molecule has 2 heterocycles. The van der Waals surface area contributed by atoms with Gasteiger partial charge in [-0.1, -0.05) is 25.4 Å². The van der Waals surface area contributed by atoms with E-state index in [0.717, 1.165) is 11.1 Å². The van der Waals surface area contributed by atoms with Crippen LogP contribution in [-0.2, 0) is 0 Å². The van der Waals surface area contributed by atoms with Crippen LogP contribution >= 0.6 is 11.6 Å². The van der Waals surface area contributed by atoms with Crippen molar-refractivity contribution in [1.82, 2.24) is 15.4 Å². The van der Waals surface area contributed by atoms with E-state index in [-0.39, 0.29) is 24.2 Å². The molecule has 0 fully saturated rings. The van der Waals surface area contributed by atoms with E-state index in [4.69, 9.17) is 17.0 Å². The average molecular weight is 463 g/mol. The third kappa shape index (κ3) is 6.44. The summed E-state index contributed by atoms with van der Waals surface area (Å²) in [5, 5.41) is 28.2. The molecule has 0 saturated heterocycles. The van der Waals surface area contributed by atoms with Crippen molar-refractivity contribution in [3.05, 3.63) is 34.5 Å². The molecule has 0 aromatic carbocycles. The Hall–Kier alpha value is -3.11. The Labute approximate surface area is 193 Å². The zero-order valence-corrected chi connectivity index (χ0v) is 19.8. The first-order chi connectivity index (χ1) is 15.2. The van der Waals surface area contributed by atoms with Crippen LogP contribution in [0, 0.1) is 5.41 Å². The van der Waals surface area contributed by atoms with E-state index in [9.17, 15) is 9.90 Å². The number of urea groups is 1. The minimum absolute atomic E-state index is 0.115. The lowest BCUT2D eigenvalue weighted by Gasteiger charge is -2.26. The lowest BCUT2D eigenvalue weighted by molar-refractivity contribution is 0.248. The van der Waals surface area contributed by atoms with Gasteiger partial charge in [0.05, 0.1) is 13.2 Å². The standard InChI is InChI=1S/C21H31ClN8O2/c1-6-25-17-10-14(9-16(22)27-17)26-21(32)29-30(7-8-31)18-11-15(12(2)3)19(13(4)23)20(24-5)28-18/h9-12,23,31H,6-8H2,1-5H3,(H,24,28)(H3,25,26,27,29,32). The Morgan fingerprint density at radius 2 is 2.00 bits per heavy atom. The van der Waals surface area contributed by atoms with Gasteiger partial charge in [0, 0.05) is 36.6 Å². The number of nitrogens with one attached hydrogen (secondary N) is 5. The molecule has 174 valence electrons. The number of amides is 2. The molecule has 0 radical (unpaired) electrons. The normalized spacial score (nSPS) is 10.6. The highest BCUT2D eigenvalue weighted by Crippen LogP contribution is 2.29. The van der Waals surface area contributed by atoms with E-state index in [1.165, 1.54) is 11.1 Å². The number of carbonyl (C=O) groups excluding carboxylic acids is 1. The topological polar surface area (TPSA) is 138 Å². The zero-order valence-electron chi connectivity index (χ0n) is 19.0. The highest BCUT2D eigenvalue weighted by Gasteiger charge is 2.20. The Kier molecular flexibility index (Phi) is 9.03. The molecule has 0 aliphatic heterocycles. The fourth-order valence-electron chi connectivity index (χ4n) is 3.17. The third-order valence-corrected chi connectivity index (χ3v) is 4.71. The number of halogens is 1. The van der Waals surface area contributed by atoms with Crippen molar-refractivity contribution in [1.29, 1.82) is 5.41 Å². The smallest absolute Gasteiger partial charge is 0.338 e. The summed E-state index contributed by atoms with van der Waals surface area (Å²) in [7, 11) is 1.73. The lowest BCUT2D eigenvalue weighted by Crippen LogP contribution is -2.46. The molecule has 0 bridgehead atoms. The highest BCUT2D eigenvalue weighted by atomic mass is 35.5. The summed E-state index contributed by atoms with van der Waals surface area (Å²) in [6.07, 6.45) is 0. The maximum absolute atomic E-state index is 12.7. The van der Waals surface area contributed by atoms with Crippen molar-refractivity contribution in [3.8, 4) is 0 Å². The predicted octanol–water partition coefficient (Wildman–Crippen LogP) is 3.65. The number of hydrazine groups is 1. The number of hydrogen-bond acceptors (Lipinski definition) is 8. The largest absolute Gasteiger partial charge is 0.394 e. The Bertz CT molecular complexity index is 967. The van der Waals surface area contributed by atoms with Crippen LogP contribution in [0.1, 0.15) is 44.7 Å². The third-order valence-electron chi connectivity index (χ3n) is 4.52. The number of rotatable bonds is 10. The van der Waals surface area contributed by atoms with Crippen molar-refractivity contribution < 1.29 is 9.90 Å². The number of carbonyl (C=O) groups is 1. The fraction of sp³-hybridized carbons (Fsp3) is 0.429. The second-order valence-corrected chi connectivity index (χ2v) is 7.75. The predicted molar refractivity (Wildman–Crippen MR) is 130 cm³/mol. The molecule has 2 rings (SSSR count). The van der Waals surface area contributed by atoms with Gasteiger partial charge < -0.3 is 26.5 Å². The van der Waals surface area contributed by atoms with Crippen molar-refractivity contribution in [3.63, 3.8) is 0 Å². The van der Waals surface area contributed by atoms with Gasteiger partial charge >= 0.3 is 6.03 Å². The number of anilines is 4. The summed E-state index contributed by atoms with van der Waals surface area (Å²) in [6, 6.07) is 4.49. The van der Waals surface area contributed by atoms with Crippen LogP contribution in [0.2, 0.25) is 5.15 Å². The minimum Gasteiger partial charge on any atom is -0.394 e. The van der Waals surface area contributed by atoms with Crippen molar-refractivity contribution >= 4 is 46.5 Å². The van der Waals surface area contributed by atoms with Gasteiger partial charge in [0.2, 0.25) is 0 Å². The first kappa shape index (κ1) is 25.2. The van der Waals surface area contributed by atoms with Gasteiger partial charge in [-0.15, -0.1) is 0 Å². The second kappa shape index (κ2) is 11.5. The summed E-state index contributed by atoms with van der Waals surface area (Å²) in [6.45, 7) is 8.26. The molecule has 6 N–H and O–H groups in total. The maximum Gasteiger partial charge on any atom is 0.338 e. The molecule has 0 spiro atoms. The molecule has 11 heteroatoms. The minimum atomic E-state index is -0.533. The molecule has 0 aliphatic carbocycles. The van der Waals surface area contributed by atoms with E-state index in [1.54, 1.807) is 20.0 Å². The molecular formula is C21H31ClN8O2. The first-order valence-electron chi connectivity index (χ1n) is 10.4. The Balaban J connectivity index is 2.33. The molecule has 2 aromatic rings. The number of pyridine rings is 2. The number of hydrogen-bond donors (Lipinski definition) is 6. The average Bonchev–Trinajstić information content (AvgIpc) is 2.71. The summed E-state index contributed by atoms with van der Waals surface area (Å²) in [5.41, 5.74) is 5.20. The van der Waals surface area contributed by atoms with Gasteiger partial charge in [0.25, 0.3) is 0 Å². The van der Waals surface area contributed by atoms with Crippen LogP contribution in [0.25, 0.3) is 0 Å². The van der Waals surface area contributed by atoms with Crippen LogP contribution < -0.4 is 26.4 Å². The molecule has 0 atom stereocenters. The maximum atomic E-state index is 12.7. The Morgan fingerprint density at radius 3 is 2.56 bits per heavy atom. The number of nitrogens with zero attached hydrogens (tertiary/aromatic N) is 3. The van der Waals surface area contributed by atoms with Gasteiger partial charge in [0.15, 0.2) is 0 Å². The van der Waals surface area contributed by atoms with E-state index >= 15 is 0 Å². The van der Waals surface area contributed by atoms with Crippen LogP contribution in [0.3, 0.4) is 0 Å². The van der Waals surface area contributed by atoms with Gasteiger partial charge in [-0.2, -0.15) is 0 Å². The second-order valence-electron chi connectivity index (χ2n) is 7.36. The van der Waals surface area contributed by atoms with Crippen LogP contribution in [0.4, 0.5) is 27.9 Å². The quantitative estimate of drug-likeness (QED) is 0.180. The molecule has 10 nitrogen and oxygen atoms in total. The van der Waals surface area contributed by atoms with Crippen LogP contribution in [-0.4, -0.2) is 53.6 Å². The van der Waals surface area contributed by atoms with Gasteiger partial charge in [0.1, 0.15) is 22.6 Å². The summed E-state index contributed by atoms with van der Waals surface area (Å²) in [5.74, 6) is 1.63. The van der Waals surface area contributed by atoms with E-state index in [1.807, 2.05) is 26.8 Å². The highest BCUT2D eigenvalue weighted by molar-refractivity contribution is 6.29. The van der Waals surface area contributed by atoms with Crippen molar-refractivity contribution in [2.24, 2.45) is 0 Å². The van der Waals surface area contributed by atoms with E-state index < -0.39 is 6.03 Å². The number of aliphatic hydroxyl groups is 1. The summed E-state index contributed by atoms with van der Waals surface area (Å²) < 4.78 is 0. The molecule has 0 unspecified atom stereocenters. The van der Waals surface area contributed by atoms with Gasteiger partial charge in [-0.3, -0.25) is 5.01 Å². The molecular weight excluding hydrogens is 432 g/mol. The van der Waals surface area contributed by atoms with E-state index in [2.05, 4.69) is 31.3 Å². The fourth-order valence-corrected chi connectivity index (χ4v) is 3.38. The van der Waals surface area contributed by atoms with Crippen LogP contribution in [0.15, 0.2) is 18.2 Å².